The number of amides is 1. The van der Waals surface area contributed by atoms with Crippen LogP contribution in [0.4, 0.5) is 0 Å². The molecule has 110 valence electrons. The number of thiocarbonyl (C=S) groups is 1. The smallest absolute Gasteiger partial charge is 0.241 e. The fraction of sp³-hybridized carbons (Fsp3) is 0.333. The van der Waals surface area contributed by atoms with Crippen molar-refractivity contribution >= 4 is 33.1 Å². The average molecular weight is 315 g/mol. The van der Waals surface area contributed by atoms with Crippen molar-refractivity contribution in [3.63, 3.8) is 0 Å². The molecule has 0 spiro atoms. The van der Waals surface area contributed by atoms with Gasteiger partial charge in [0.2, 0.25) is 15.9 Å². The third-order valence-corrected chi connectivity index (χ3v) is 4.35. The second-order valence-corrected chi connectivity index (χ2v) is 6.62. The molecule has 1 amide bonds. The zero-order valence-corrected chi connectivity index (χ0v) is 13.1. The van der Waals surface area contributed by atoms with Crippen LogP contribution < -0.4 is 10.5 Å². The molecule has 8 heteroatoms. The molecule has 0 aliphatic rings. The standard InChI is InChI=1S/C12H17N3O3S2/c1-8(12(16)15(2)3)14-20(17,18)10-6-4-5-9(7-10)11(13)19/h4-8,14H,1-3H3,(H2,13,19). The highest BCUT2D eigenvalue weighted by atomic mass is 32.2. The first-order valence-corrected chi connectivity index (χ1v) is 7.67. The topological polar surface area (TPSA) is 92.5 Å². The van der Waals surface area contributed by atoms with Gasteiger partial charge < -0.3 is 10.6 Å². The van der Waals surface area contributed by atoms with Gasteiger partial charge in [-0.3, -0.25) is 4.79 Å². The molecular weight excluding hydrogens is 298 g/mol. The summed E-state index contributed by atoms with van der Waals surface area (Å²) >= 11 is 4.81. The van der Waals surface area contributed by atoms with Crippen LogP contribution in [-0.4, -0.2) is 44.4 Å². The van der Waals surface area contributed by atoms with Crippen molar-refractivity contribution in [2.45, 2.75) is 17.9 Å². The maximum absolute atomic E-state index is 12.2. The number of hydrogen-bond acceptors (Lipinski definition) is 4. The summed E-state index contributed by atoms with van der Waals surface area (Å²) < 4.78 is 26.7. The predicted octanol–water partition coefficient (Wildman–Crippen LogP) is 0.0758. The lowest BCUT2D eigenvalue weighted by molar-refractivity contribution is -0.130. The van der Waals surface area contributed by atoms with Gasteiger partial charge in [0.05, 0.1) is 10.9 Å². The van der Waals surface area contributed by atoms with Crippen molar-refractivity contribution < 1.29 is 13.2 Å². The molecule has 20 heavy (non-hydrogen) atoms. The van der Waals surface area contributed by atoms with Gasteiger partial charge in [0.25, 0.3) is 0 Å². The minimum Gasteiger partial charge on any atom is -0.389 e. The minimum absolute atomic E-state index is 0.0150. The number of hydrogen-bond donors (Lipinski definition) is 2. The minimum atomic E-state index is -3.81. The average Bonchev–Trinajstić information content (AvgIpc) is 2.37. The van der Waals surface area contributed by atoms with Crippen LogP contribution in [0.3, 0.4) is 0 Å². The summed E-state index contributed by atoms with van der Waals surface area (Å²) in [7, 11) is -0.694. The van der Waals surface area contributed by atoms with Gasteiger partial charge in [0.15, 0.2) is 0 Å². The van der Waals surface area contributed by atoms with E-state index >= 15 is 0 Å². The molecule has 0 aromatic heterocycles. The molecule has 0 fully saturated rings. The first-order valence-electron chi connectivity index (χ1n) is 5.78. The molecule has 1 aromatic carbocycles. The molecule has 1 atom stereocenters. The number of nitrogens with one attached hydrogen (secondary N) is 1. The second-order valence-electron chi connectivity index (χ2n) is 4.47. The second kappa shape index (κ2) is 6.29. The number of carbonyl (C=O) groups is 1. The Balaban J connectivity index is 3.03. The van der Waals surface area contributed by atoms with E-state index in [1.165, 1.54) is 24.0 Å². The Bertz CT molecular complexity index is 627. The largest absolute Gasteiger partial charge is 0.389 e. The molecule has 0 saturated heterocycles. The Labute approximate surface area is 124 Å². The molecule has 0 heterocycles. The van der Waals surface area contributed by atoms with Gasteiger partial charge in [-0.15, -0.1) is 0 Å². The van der Waals surface area contributed by atoms with Crippen LogP contribution in [0.5, 0.6) is 0 Å². The number of nitrogens with two attached hydrogens (primary N) is 1. The molecule has 0 bridgehead atoms. The predicted molar refractivity (Wildman–Crippen MR) is 80.8 cm³/mol. The van der Waals surface area contributed by atoms with Gasteiger partial charge in [-0.2, -0.15) is 4.72 Å². The monoisotopic (exact) mass is 315 g/mol. The highest BCUT2D eigenvalue weighted by Crippen LogP contribution is 2.12. The summed E-state index contributed by atoms with van der Waals surface area (Å²) in [6.45, 7) is 1.48. The van der Waals surface area contributed by atoms with E-state index in [0.29, 0.717) is 5.56 Å². The lowest BCUT2D eigenvalue weighted by Crippen LogP contribution is -2.44. The number of likely N-dealkylation sites (N-methyl/N-ethyl adjacent to an activating group) is 1. The van der Waals surface area contributed by atoms with E-state index < -0.39 is 16.1 Å². The summed E-state index contributed by atoms with van der Waals surface area (Å²) in [4.78, 5) is 13.1. The Kier molecular flexibility index (Phi) is 5.21. The molecule has 0 saturated carbocycles. The highest BCUT2D eigenvalue weighted by Gasteiger charge is 2.23. The van der Waals surface area contributed by atoms with Crippen LogP contribution in [0.2, 0.25) is 0 Å². The quantitative estimate of drug-likeness (QED) is 0.751. The Morgan fingerprint density at radius 3 is 2.50 bits per heavy atom. The van der Waals surface area contributed by atoms with E-state index in [1.54, 1.807) is 26.2 Å². The summed E-state index contributed by atoms with van der Waals surface area (Å²) in [6, 6.07) is 5.09. The molecular formula is C12H17N3O3S2. The third kappa shape index (κ3) is 3.99. The number of carbonyl (C=O) groups excluding carboxylic acids is 1. The van der Waals surface area contributed by atoms with E-state index in [2.05, 4.69) is 4.72 Å². The van der Waals surface area contributed by atoms with Gasteiger partial charge in [0, 0.05) is 19.7 Å². The van der Waals surface area contributed by atoms with Crippen LogP contribution in [0, 0.1) is 0 Å². The van der Waals surface area contributed by atoms with Gasteiger partial charge in [0.1, 0.15) is 4.99 Å². The van der Waals surface area contributed by atoms with Crippen molar-refractivity contribution in [2.75, 3.05) is 14.1 Å². The molecule has 3 N–H and O–H groups in total. The third-order valence-electron chi connectivity index (χ3n) is 2.57. The van der Waals surface area contributed by atoms with E-state index in [9.17, 15) is 13.2 Å². The zero-order chi connectivity index (χ0) is 15.5. The van der Waals surface area contributed by atoms with Gasteiger partial charge >= 0.3 is 0 Å². The number of sulfonamides is 1. The SMILES string of the molecule is CC(NS(=O)(=O)c1cccc(C(N)=S)c1)C(=O)N(C)C. The van der Waals surface area contributed by atoms with E-state index in [1.807, 2.05) is 0 Å². The first kappa shape index (κ1) is 16.5. The number of nitrogens with zero attached hydrogens (tertiary/aromatic N) is 1. The van der Waals surface area contributed by atoms with Crippen LogP contribution >= 0.6 is 12.2 Å². The lowest BCUT2D eigenvalue weighted by Gasteiger charge is -2.18. The van der Waals surface area contributed by atoms with Crippen molar-refractivity contribution in [3.8, 4) is 0 Å². The van der Waals surface area contributed by atoms with Crippen molar-refractivity contribution in [1.82, 2.24) is 9.62 Å². The summed E-state index contributed by atoms with van der Waals surface area (Å²) in [6.07, 6.45) is 0. The molecule has 1 rings (SSSR count). The Morgan fingerprint density at radius 1 is 1.40 bits per heavy atom. The van der Waals surface area contributed by atoms with Gasteiger partial charge in [-0.05, 0) is 19.1 Å². The van der Waals surface area contributed by atoms with Crippen molar-refractivity contribution in [3.05, 3.63) is 29.8 Å². The normalized spacial score (nSPS) is 12.8. The fourth-order valence-electron chi connectivity index (χ4n) is 1.55. The highest BCUT2D eigenvalue weighted by molar-refractivity contribution is 7.89. The summed E-state index contributed by atoms with van der Waals surface area (Å²) in [5.74, 6) is -0.334. The Morgan fingerprint density at radius 2 is 2.00 bits per heavy atom. The Hall–Kier alpha value is -1.51. The van der Waals surface area contributed by atoms with E-state index in [-0.39, 0.29) is 15.8 Å². The van der Waals surface area contributed by atoms with Crippen LogP contribution in [0.25, 0.3) is 0 Å². The molecule has 1 unspecified atom stereocenters. The molecule has 1 aromatic rings. The maximum Gasteiger partial charge on any atom is 0.241 e. The molecule has 6 nitrogen and oxygen atoms in total. The lowest BCUT2D eigenvalue weighted by atomic mass is 10.2. The van der Waals surface area contributed by atoms with Gasteiger partial charge in [-0.25, -0.2) is 8.42 Å². The van der Waals surface area contributed by atoms with Crippen molar-refractivity contribution in [2.24, 2.45) is 5.73 Å². The molecule has 0 aliphatic heterocycles. The zero-order valence-electron chi connectivity index (χ0n) is 11.5. The number of rotatable bonds is 5. The van der Waals surface area contributed by atoms with Crippen LogP contribution in [0.1, 0.15) is 12.5 Å². The van der Waals surface area contributed by atoms with E-state index in [4.69, 9.17) is 18.0 Å². The van der Waals surface area contributed by atoms with Crippen LogP contribution in [-0.2, 0) is 14.8 Å². The molecule has 0 aliphatic carbocycles. The first-order chi connectivity index (χ1) is 9.15. The number of benzene rings is 1. The summed E-state index contributed by atoms with van der Waals surface area (Å²) in [5.41, 5.74) is 5.92. The maximum atomic E-state index is 12.2. The van der Waals surface area contributed by atoms with E-state index in [0.717, 1.165) is 0 Å². The van der Waals surface area contributed by atoms with Crippen LogP contribution in [0.15, 0.2) is 29.2 Å². The fourth-order valence-corrected chi connectivity index (χ4v) is 2.92. The van der Waals surface area contributed by atoms with Crippen molar-refractivity contribution in [1.29, 1.82) is 0 Å². The van der Waals surface area contributed by atoms with Gasteiger partial charge in [-0.1, -0.05) is 24.4 Å². The summed E-state index contributed by atoms with van der Waals surface area (Å²) in [5, 5.41) is 0. The molecule has 0 radical (unpaired) electrons.